The number of amides is 2. The zero-order valence-electron chi connectivity index (χ0n) is 14.2. The lowest BCUT2D eigenvalue weighted by Gasteiger charge is -2.22. The van der Waals surface area contributed by atoms with Gasteiger partial charge in [0.1, 0.15) is 17.6 Å². The Morgan fingerprint density at radius 1 is 1.33 bits per heavy atom. The SMILES string of the molecule is CC[C@@H](CO)NC(=O)N[C@@H](c1ccc(OC)cc1)c1nccn1C. The zero-order valence-corrected chi connectivity index (χ0v) is 14.2. The van der Waals surface area contributed by atoms with Crippen LogP contribution < -0.4 is 15.4 Å². The third-order valence-corrected chi connectivity index (χ3v) is 3.89. The maximum absolute atomic E-state index is 12.3. The number of nitrogens with one attached hydrogen (secondary N) is 2. The number of ether oxygens (including phenoxy) is 1. The molecule has 24 heavy (non-hydrogen) atoms. The maximum Gasteiger partial charge on any atom is 0.315 e. The van der Waals surface area contributed by atoms with Gasteiger partial charge in [-0.05, 0) is 24.1 Å². The van der Waals surface area contributed by atoms with Crippen molar-refractivity contribution < 1.29 is 14.6 Å². The van der Waals surface area contributed by atoms with Crippen molar-refractivity contribution >= 4 is 6.03 Å². The number of carbonyl (C=O) groups excluding carboxylic acids is 1. The fraction of sp³-hybridized carbons (Fsp3) is 0.412. The number of methoxy groups -OCH3 is 1. The summed E-state index contributed by atoms with van der Waals surface area (Å²) < 4.78 is 7.04. The van der Waals surface area contributed by atoms with Crippen molar-refractivity contribution in [2.75, 3.05) is 13.7 Å². The summed E-state index contributed by atoms with van der Waals surface area (Å²) >= 11 is 0. The number of carbonyl (C=O) groups is 1. The second kappa shape index (κ2) is 8.35. The Labute approximate surface area is 141 Å². The number of imidazole rings is 1. The van der Waals surface area contributed by atoms with Gasteiger partial charge in [0, 0.05) is 19.4 Å². The molecule has 2 rings (SSSR count). The van der Waals surface area contributed by atoms with Crippen molar-refractivity contribution in [3.63, 3.8) is 0 Å². The summed E-state index contributed by atoms with van der Waals surface area (Å²) in [5.41, 5.74) is 0.886. The van der Waals surface area contributed by atoms with E-state index in [-0.39, 0.29) is 18.7 Å². The lowest BCUT2D eigenvalue weighted by Crippen LogP contribution is -2.45. The summed E-state index contributed by atoms with van der Waals surface area (Å²) in [6, 6.07) is 6.43. The maximum atomic E-state index is 12.3. The van der Waals surface area contributed by atoms with Crippen LogP contribution in [0.3, 0.4) is 0 Å². The van der Waals surface area contributed by atoms with Crippen LogP contribution in [-0.4, -0.2) is 40.4 Å². The zero-order chi connectivity index (χ0) is 17.5. The van der Waals surface area contributed by atoms with Gasteiger partial charge < -0.3 is 25.0 Å². The second-order valence-corrected chi connectivity index (χ2v) is 5.51. The standard InChI is InChI=1S/C17H24N4O3/c1-4-13(11-22)19-17(23)20-15(16-18-9-10-21(16)2)12-5-7-14(24-3)8-6-12/h5-10,13,15,22H,4,11H2,1-3H3,(H2,19,20,23)/t13-,15-/m0/s1. The van der Waals surface area contributed by atoms with Gasteiger partial charge in [0.05, 0.1) is 19.8 Å². The van der Waals surface area contributed by atoms with Crippen molar-refractivity contribution in [1.29, 1.82) is 0 Å². The molecule has 2 amide bonds. The Morgan fingerprint density at radius 2 is 2.04 bits per heavy atom. The molecule has 3 N–H and O–H groups in total. The summed E-state index contributed by atoms with van der Waals surface area (Å²) in [6.07, 6.45) is 4.17. The van der Waals surface area contributed by atoms with Crippen molar-refractivity contribution in [2.45, 2.75) is 25.4 Å². The average molecular weight is 332 g/mol. The van der Waals surface area contributed by atoms with E-state index in [0.29, 0.717) is 12.2 Å². The minimum atomic E-state index is -0.410. The van der Waals surface area contributed by atoms with Crippen LogP contribution in [0, 0.1) is 0 Å². The van der Waals surface area contributed by atoms with Gasteiger partial charge in [0.15, 0.2) is 0 Å². The minimum Gasteiger partial charge on any atom is -0.497 e. The highest BCUT2D eigenvalue weighted by Gasteiger charge is 2.21. The van der Waals surface area contributed by atoms with Gasteiger partial charge in [-0.2, -0.15) is 0 Å². The van der Waals surface area contributed by atoms with E-state index in [1.807, 2.05) is 49.0 Å². The van der Waals surface area contributed by atoms with E-state index in [4.69, 9.17) is 4.74 Å². The van der Waals surface area contributed by atoms with Gasteiger partial charge in [-0.25, -0.2) is 9.78 Å². The van der Waals surface area contributed by atoms with Gasteiger partial charge in [-0.3, -0.25) is 0 Å². The third kappa shape index (κ3) is 4.26. The quantitative estimate of drug-likeness (QED) is 0.718. The Bertz CT molecular complexity index is 650. The molecule has 7 nitrogen and oxygen atoms in total. The van der Waals surface area contributed by atoms with E-state index in [2.05, 4.69) is 15.6 Å². The van der Waals surface area contributed by atoms with Crippen molar-refractivity contribution in [1.82, 2.24) is 20.2 Å². The van der Waals surface area contributed by atoms with Gasteiger partial charge >= 0.3 is 6.03 Å². The predicted molar refractivity (Wildman–Crippen MR) is 90.9 cm³/mol. The predicted octanol–water partition coefficient (Wildman–Crippen LogP) is 1.59. The number of rotatable bonds is 7. The molecule has 0 aliphatic carbocycles. The number of aromatic nitrogens is 2. The molecular weight excluding hydrogens is 308 g/mol. The van der Waals surface area contributed by atoms with Crippen LogP contribution >= 0.6 is 0 Å². The number of nitrogens with zero attached hydrogens (tertiary/aromatic N) is 2. The van der Waals surface area contributed by atoms with Gasteiger partial charge in [-0.1, -0.05) is 19.1 Å². The molecule has 0 saturated heterocycles. The Morgan fingerprint density at radius 3 is 2.54 bits per heavy atom. The number of hydrogen-bond donors (Lipinski definition) is 3. The number of aliphatic hydroxyl groups excluding tert-OH is 1. The lowest BCUT2D eigenvalue weighted by molar-refractivity contribution is 0.212. The van der Waals surface area contributed by atoms with E-state index in [0.717, 1.165) is 11.3 Å². The molecule has 0 unspecified atom stereocenters. The highest BCUT2D eigenvalue weighted by molar-refractivity contribution is 5.75. The van der Waals surface area contributed by atoms with Crippen molar-refractivity contribution in [3.8, 4) is 5.75 Å². The summed E-state index contributed by atoms with van der Waals surface area (Å²) in [5.74, 6) is 1.46. The van der Waals surface area contributed by atoms with E-state index in [9.17, 15) is 9.90 Å². The molecule has 2 aromatic rings. The molecule has 0 spiro atoms. The molecule has 130 valence electrons. The number of benzene rings is 1. The smallest absolute Gasteiger partial charge is 0.315 e. The van der Waals surface area contributed by atoms with E-state index in [1.54, 1.807) is 13.3 Å². The Hall–Kier alpha value is -2.54. The summed E-state index contributed by atoms with van der Waals surface area (Å²) in [4.78, 5) is 16.6. The number of urea groups is 1. The molecule has 0 bridgehead atoms. The Kier molecular flexibility index (Phi) is 6.20. The first-order chi connectivity index (χ1) is 11.6. The van der Waals surface area contributed by atoms with Crippen LogP contribution in [0.4, 0.5) is 4.79 Å². The summed E-state index contributed by atoms with van der Waals surface area (Å²) in [6.45, 7) is 1.81. The van der Waals surface area contributed by atoms with Crippen LogP contribution in [0.15, 0.2) is 36.7 Å². The van der Waals surface area contributed by atoms with Crippen LogP contribution in [0.1, 0.15) is 30.8 Å². The topological polar surface area (TPSA) is 88.4 Å². The number of aryl methyl sites for hydroxylation is 1. The van der Waals surface area contributed by atoms with Gasteiger partial charge in [0.25, 0.3) is 0 Å². The van der Waals surface area contributed by atoms with Crippen LogP contribution in [-0.2, 0) is 7.05 Å². The summed E-state index contributed by atoms with van der Waals surface area (Å²) in [7, 11) is 3.48. The fourth-order valence-corrected chi connectivity index (χ4v) is 2.38. The molecule has 1 heterocycles. The van der Waals surface area contributed by atoms with E-state index < -0.39 is 6.04 Å². The van der Waals surface area contributed by atoms with Gasteiger partial charge in [0.2, 0.25) is 0 Å². The molecule has 2 atom stereocenters. The first kappa shape index (κ1) is 17.8. The minimum absolute atomic E-state index is 0.0977. The molecule has 0 aliphatic rings. The molecule has 0 saturated carbocycles. The monoisotopic (exact) mass is 332 g/mol. The number of hydrogen-bond acceptors (Lipinski definition) is 4. The molecule has 0 aliphatic heterocycles. The average Bonchev–Trinajstić information content (AvgIpc) is 3.03. The first-order valence-electron chi connectivity index (χ1n) is 7.88. The van der Waals surface area contributed by atoms with Crippen LogP contribution in [0.25, 0.3) is 0 Å². The molecule has 7 heteroatoms. The fourth-order valence-electron chi connectivity index (χ4n) is 2.38. The van der Waals surface area contributed by atoms with E-state index >= 15 is 0 Å². The summed E-state index contributed by atoms with van der Waals surface area (Å²) in [5, 5.41) is 14.9. The molecular formula is C17H24N4O3. The molecule has 1 aromatic carbocycles. The molecule has 0 radical (unpaired) electrons. The van der Waals surface area contributed by atoms with Crippen LogP contribution in [0.5, 0.6) is 5.75 Å². The van der Waals surface area contributed by atoms with E-state index in [1.165, 1.54) is 0 Å². The van der Waals surface area contributed by atoms with Crippen molar-refractivity contribution in [3.05, 3.63) is 48.0 Å². The molecule has 0 fully saturated rings. The second-order valence-electron chi connectivity index (χ2n) is 5.51. The highest BCUT2D eigenvalue weighted by atomic mass is 16.5. The van der Waals surface area contributed by atoms with Crippen LogP contribution in [0.2, 0.25) is 0 Å². The van der Waals surface area contributed by atoms with Gasteiger partial charge in [-0.15, -0.1) is 0 Å². The highest BCUT2D eigenvalue weighted by Crippen LogP contribution is 2.22. The Balaban J connectivity index is 2.23. The molecule has 1 aromatic heterocycles. The lowest BCUT2D eigenvalue weighted by atomic mass is 10.1. The third-order valence-electron chi connectivity index (χ3n) is 3.89. The first-order valence-corrected chi connectivity index (χ1v) is 7.88. The largest absolute Gasteiger partial charge is 0.497 e. The van der Waals surface area contributed by atoms with Crippen molar-refractivity contribution in [2.24, 2.45) is 7.05 Å². The number of aliphatic hydroxyl groups is 1. The normalized spacial score (nSPS) is 13.2.